The van der Waals surface area contributed by atoms with Crippen LogP contribution < -0.4 is 5.73 Å². The molecule has 0 atom stereocenters. The highest BCUT2D eigenvalue weighted by Crippen LogP contribution is 2.23. The normalized spacial score (nSPS) is 10.6. The average molecular weight is 203 g/mol. The summed E-state index contributed by atoms with van der Waals surface area (Å²) in [6.07, 6.45) is 0. The summed E-state index contributed by atoms with van der Waals surface area (Å²) in [5.74, 6) is 1.00. The first kappa shape index (κ1) is 9.86. The molecule has 0 aliphatic heterocycles. The maximum Gasteiger partial charge on any atom is 0.248 e. The van der Waals surface area contributed by atoms with Gasteiger partial charge in [0, 0.05) is 5.56 Å². The zero-order chi connectivity index (χ0) is 10.8. The maximum atomic E-state index is 5.41. The maximum absolute atomic E-state index is 5.41. The molecule has 1 aromatic carbocycles. The van der Waals surface area contributed by atoms with Gasteiger partial charge in [0.25, 0.3) is 0 Å². The lowest BCUT2D eigenvalue weighted by atomic mass is 10.0. The second-order valence-corrected chi connectivity index (χ2v) is 3.45. The summed E-state index contributed by atoms with van der Waals surface area (Å²) in [4.78, 5) is 0. The molecule has 0 fully saturated rings. The van der Waals surface area contributed by atoms with Crippen molar-refractivity contribution in [3.63, 3.8) is 0 Å². The van der Waals surface area contributed by atoms with Crippen molar-refractivity contribution in [1.82, 2.24) is 10.2 Å². The minimum absolute atomic E-state index is 0.276. The van der Waals surface area contributed by atoms with Gasteiger partial charge in [-0.2, -0.15) is 0 Å². The lowest BCUT2D eigenvalue weighted by Crippen LogP contribution is -1.95. The molecule has 0 radical (unpaired) electrons. The van der Waals surface area contributed by atoms with Crippen LogP contribution in [0.5, 0.6) is 0 Å². The summed E-state index contributed by atoms with van der Waals surface area (Å²) in [7, 11) is 0. The number of nitrogens with zero attached hydrogens (tertiary/aromatic N) is 2. The third-order valence-electron chi connectivity index (χ3n) is 2.48. The van der Waals surface area contributed by atoms with Crippen LogP contribution in [0.25, 0.3) is 11.5 Å². The van der Waals surface area contributed by atoms with E-state index in [1.807, 2.05) is 19.1 Å². The Kier molecular flexibility index (Phi) is 2.51. The van der Waals surface area contributed by atoms with Crippen molar-refractivity contribution in [2.24, 2.45) is 5.73 Å². The molecule has 78 valence electrons. The fourth-order valence-corrected chi connectivity index (χ4v) is 1.43. The van der Waals surface area contributed by atoms with E-state index in [-0.39, 0.29) is 6.54 Å². The van der Waals surface area contributed by atoms with Crippen LogP contribution in [-0.4, -0.2) is 10.2 Å². The van der Waals surface area contributed by atoms with E-state index in [1.54, 1.807) is 0 Å². The lowest BCUT2D eigenvalue weighted by molar-refractivity contribution is 0.508. The van der Waals surface area contributed by atoms with Crippen molar-refractivity contribution >= 4 is 0 Å². The van der Waals surface area contributed by atoms with Gasteiger partial charge in [-0.15, -0.1) is 10.2 Å². The quantitative estimate of drug-likeness (QED) is 0.808. The van der Waals surface area contributed by atoms with Crippen molar-refractivity contribution in [2.75, 3.05) is 0 Å². The van der Waals surface area contributed by atoms with Crippen LogP contribution in [-0.2, 0) is 6.54 Å². The molecule has 15 heavy (non-hydrogen) atoms. The smallest absolute Gasteiger partial charge is 0.248 e. The van der Waals surface area contributed by atoms with Crippen molar-refractivity contribution in [2.45, 2.75) is 20.4 Å². The van der Waals surface area contributed by atoms with Gasteiger partial charge in [-0.3, -0.25) is 0 Å². The van der Waals surface area contributed by atoms with Gasteiger partial charge in [0.2, 0.25) is 11.8 Å². The number of hydrogen-bond donors (Lipinski definition) is 1. The summed E-state index contributed by atoms with van der Waals surface area (Å²) < 4.78 is 5.41. The molecule has 0 saturated carbocycles. The zero-order valence-electron chi connectivity index (χ0n) is 8.82. The van der Waals surface area contributed by atoms with E-state index in [1.165, 1.54) is 5.56 Å². The Labute approximate surface area is 88.1 Å². The van der Waals surface area contributed by atoms with Crippen molar-refractivity contribution in [1.29, 1.82) is 0 Å². The van der Waals surface area contributed by atoms with Gasteiger partial charge < -0.3 is 10.2 Å². The highest BCUT2D eigenvalue weighted by Gasteiger charge is 2.10. The highest BCUT2D eigenvalue weighted by molar-refractivity contribution is 5.59. The van der Waals surface area contributed by atoms with Gasteiger partial charge in [-0.1, -0.05) is 12.1 Å². The molecule has 1 aromatic heterocycles. The van der Waals surface area contributed by atoms with Gasteiger partial charge in [0.05, 0.1) is 6.54 Å². The van der Waals surface area contributed by atoms with E-state index < -0.39 is 0 Å². The first-order valence-electron chi connectivity index (χ1n) is 4.81. The molecular weight excluding hydrogens is 190 g/mol. The summed E-state index contributed by atoms with van der Waals surface area (Å²) in [5.41, 5.74) is 8.75. The predicted octanol–water partition coefficient (Wildman–Crippen LogP) is 1.81. The van der Waals surface area contributed by atoms with E-state index in [0.29, 0.717) is 11.8 Å². The molecule has 0 aliphatic rings. The van der Waals surface area contributed by atoms with Gasteiger partial charge in [-0.25, -0.2) is 0 Å². The molecule has 0 aliphatic carbocycles. The van der Waals surface area contributed by atoms with Crippen molar-refractivity contribution in [3.05, 3.63) is 35.2 Å². The van der Waals surface area contributed by atoms with Gasteiger partial charge in [-0.05, 0) is 31.0 Å². The Balaban J connectivity index is 2.49. The van der Waals surface area contributed by atoms with Gasteiger partial charge in [0.15, 0.2) is 0 Å². The molecule has 1 heterocycles. The van der Waals surface area contributed by atoms with Crippen LogP contribution in [0.3, 0.4) is 0 Å². The Morgan fingerprint density at radius 2 is 2.07 bits per heavy atom. The first-order valence-corrected chi connectivity index (χ1v) is 4.81. The van der Waals surface area contributed by atoms with Crippen molar-refractivity contribution < 1.29 is 4.42 Å². The number of aromatic nitrogens is 2. The molecule has 4 nitrogen and oxygen atoms in total. The van der Waals surface area contributed by atoms with E-state index in [2.05, 4.69) is 23.2 Å². The lowest BCUT2D eigenvalue weighted by Gasteiger charge is -2.03. The van der Waals surface area contributed by atoms with E-state index in [9.17, 15) is 0 Å². The summed E-state index contributed by atoms with van der Waals surface area (Å²) >= 11 is 0. The highest BCUT2D eigenvalue weighted by atomic mass is 16.4. The van der Waals surface area contributed by atoms with E-state index >= 15 is 0 Å². The van der Waals surface area contributed by atoms with E-state index in [4.69, 9.17) is 10.2 Å². The fourth-order valence-electron chi connectivity index (χ4n) is 1.43. The van der Waals surface area contributed by atoms with Gasteiger partial charge >= 0.3 is 0 Å². The van der Waals surface area contributed by atoms with Crippen LogP contribution in [0.2, 0.25) is 0 Å². The monoisotopic (exact) mass is 203 g/mol. The van der Waals surface area contributed by atoms with Gasteiger partial charge in [0.1, 0.15) is 0 Å². The predicted molar refractivity (Wildman–Crippen MR) is 57.1 cm³/mol. The molecule has 0 spiro atoms. The number of rotatable bonds is 2. The Hall–Kier alpha value is -1.68. The fraction of sp³-hybridized carbons (Fsp3) is 0.273. The molecule has 2 rings (SSSR count). The molecule has 2 aromatic rings. The number of benzene rings is 1. The minimum atomic E-state index is 0.276. The Morgan fingerprint density at radius 1 is 1.27 bits per heavy atom. The van der Waals surface area contributed by atoms with E-state index in [0.717, 1.165) is 11.1 Å². The second-order valence-electron chi connectivity index (χ2n) is 3.45. The van der Waals surface area contributed by atoms with Crippen LogP contribution in [0.4, 0.5) is 0 Å². The number of hydrogen-bond acceptors (Lipinski definition) is 4. The summed E-state index contributed by atoms with van der Waals surface area (Å²) in [6.45, 7) is 4.37. The number of aryl methyl sites for hydroxylation is 1. The Morgan fingerprint density at radius 3 is 2.73 bits per heavy atom. The van der Waals surface area contributed by atoms with Crippen LogP contribution in [0.1, 0.15) is 17.0 Å². The molecular formula is C11H13N3O. The first-order chi connectivity index (χ1) is 7.22. The number of nitrogens with two attached hydrogens (primary N) is 1. The minimum Gasteiger partial charge on any atom is -0.419 e. The third-order valence-corrected chi connectivity index (χ3v) is 2.48. The molecule has 2 N–H and O–H groups in total. The molecule has 0 unspecified atom stereocenters. The zero-order valence-corrected chi connectivity index (χ0v) is 8.82. The Bertz CT molecular complexity index is 476. The topological polar surface area (TPSA) is 64.9 Å². The SMILES string of the molecule is Cc1cccc(-c2nnc(CN)o2)c1C. The molecule has 0 amide bonds. The van der Waals surface area contributed by atoms with Crippen LogP contribution in [0.15, 0.2) is 22.6 Å². The van der Waals surface area contributed by atoms with Crippen LogP contribution >= 0.6 is 0 Å². The molecule has 0 bridgehead atoms. The largest absolute Gasteiger partial charge is 0.419 e. The summed E-state index contributed by atoms with van der Waals surface area (Å²) in [6, 6.07) is 6.00. The standard InChI is InChI=1S/C11H13N3O/c1-7-4-3-5-9(8(7)2)11-14-13-10(6-12)15-11/h3-5H,6,12H2,1-2H3. The van der Waals surface area contributed by atoms with Crippen molar-refractivity contribution in [3.8, 4) is 11.5 Å². The summed E-state index contributed by atoms with van der Waals surface area (Å²) in [5, 5.41) is 7.80. The average Bonchev–Trinajstić information content (AvgIpc) is 2.70. The van der Waals surface area contributed by atoms with Crippen LogP contribution in [0, 0.1) is 13.8 Å². The third kappa shape index (κ3) is 1.76. The molecule has 0 saturated heterocycles. The second kappa shape index (κ2) is 3.82. The molecule has 4 heteroatoms.